The van der Waals surface area contributed by atoms with Crippen LogP contribution in [0.1, 0.15) is 16.5 Å². The van der Waals surface area contributed by atoms with Crippen LogP contribution in [-0.4, -0.2) is 23.7 Å². The summed E-state index contributed by atoms with van der Waals surface area (Å²) >= 11 is 1.42. The number of nitrogens with zero attached hydrogens (tertiary/aromatic N) is 2. The molecule has 0 radical (unpaired) electrons. The van der Waals surface area contributed by atoms with Gasteiger partial charge in [0.15, 0.2) is 0 Å². The van der Waals surface area contributed by atoms with E-state index in [0.717, 1.165) is 17.0 Å². The molecule has 0 spiro atoms. The maximum absolute atomic E-state index is 5.35. The number of benzene rings is 1. The minimum absolute atomic E-state index is 0.228. The molecule has 0 aliphatic rings. The lowest BCUT2D eigenvalue weighted by molar-refractivity contribution is 0.406. The highest BCUT2D eigenvalue weighted by molar-refractivity contribution is 7.05. The second kappa shape index (κ2) is 5.75. The van der Waals surface area contributed by atoms with Gasteiger partial charge in [0.25, 0.3) is 0 Å². The predicted molar refractivity (Wildman–Crippen MR) is 68.4 cm³/mol. The van der Waals surface area contributed by atoms with Crippen LogP contribution in [0.25, 0.3) is 0 Å². The normalized spacial score (nSPS) is 12.4. The molecule has 1 unspecified atom stereocenters. The number of para-hydroxylation sites is 1. The third-order valence-corrected chi connectivity index (χ3v) is 3.46. The zero-order valence-corrected chi connectivity index (χ0v) is 10.7. The summed E-state index contributed by atoms with van der Waals surface area (Å²) < 4.78 is 9.25. The van der Waals surface area contributed by atoms with Crippen molar-refractivity contribution >= 4 is 11.5 Å². The van der Waals surface area contributed by atoms with Crippen LogP contribution in [0.3, 0.4) is 0 Å². The van der Waals surface area contributed by atoms with Crippen LogP contribution in [0.2, 0.25) is 0 Å². The molecule has 1 aromatic heterocycles. The fraction of sp³-hybridized carbons (Fsp3) is 0.333. The first-order valence-electron chi connectivity index (χ1n) is 5.41. The highest BCUT2D eigenvalue weighted by atomic mass is 32.1. The van der Waals surface area contributed by atoms with E-state index in [1.165, 1.54) is 17.1 Å². The molecule has 2 aromatic rings. The van der Waals surface area contributed by atoms with E-state index in [1.54, 1.807) is 13.3 Å². The molecule has 5 heteroatoms. The average molecular weight is 249 g/mol. The van der Waals surface area contributed by atoms with Crippen LogP contribution in [0.4, 0.5) is 0 Å². The largest absolute Gasteiger partial charge is 0.496 e. The summed E-state index contributed by atoms with van der Waals surface area (Å²) in [6.07, 6.45) is 2.67. The molecule has 1 heterocycles. The summed E-state index contributed by atoms with van der Waals surface area (Å²) in [7, 11) is 3.64. The maximum atomic E-state index is 5.35. The van der Waals surface area contributed by atoms with Crippen molar-refractivity contribution in [1.29, 1.82) is 0 Å². The summed E-state index contributed by atoms with van der Waals surface area (Å²) in [6, 6.07) is 8.29. The number of nitrogens with one attached hydrogen (secondary N) is 1. The average Bonchev–Trinajstić information content (AvgIpc) is 2.90. The van der Waals surface area contributed by atoms with E-state index in [4.69, 9.17) is 4.74 Å². The zero-order valence-electron chi connectivity index (χ0n) is 9.88. The summed E-state index contributed by atoms with van der Waals surface area (Å²) in [5, 5.41) is 7.15. The highest BCUT2D eigenvalue weighted by Gasteiger charge is 2.14. The van der Waals surface area contributed by atoms with Crippen molar-refractivity contribution in [2.45, 2.75) is 12.5 Å². The van der Waals surface area contributed by atoms with Crippen molar-refractivity contribution in [2.75, 3.05) is 14.2 Å². The molecule has 90 valence electrons. The number of hydrogen-bond acceptors (Lipinski definition) is 5. The third kappa shape index (κ3) is 2.81. The van der Waals surface area contributed by atoms with Gasteiger partial charge in [-0.15, -0.1) is 5.10 Å². The Morgan fingerprint density at radius 2 is 2.24 bits per heavy atom. The van der Waals surface area contributed by atoms with Gasteiger partial charge in [-0.1, -0.05) is 22.7 Å². The molecule has 0 saturated heterocycles. The van der Waals surface area contributed by atoms with Crippen LogP contribution in [0, 0.1) is 0 Å². The molecular weight excluding hydrogens is 234 g/mol. The van der Waals surface area contributed by atoms with Crippen molar-refractivity contribution in [3.8, 4) is 5.75 Å². The number of likely N-dealkylation sites (N-methyl/N-ethyl adjacent to an activating group) is 1. The number of ether oxygens (including phenoxy) is 1. The summed E-state index contributed by atoms with van der Waals surface area (Å²) in [5.41, 5.74) is 1.18. The standard InChI is InChI=1S/C12H15N3OS/c1-13-10(12-8-14-15-17-12)7-9-5-3-4-6-11(9)16-2/h3-6,8,10,13H,7H2,1-2H3. The number of hydrogen-bond donors (Lipinski definition) is 1. The Kier molecular flexibility index (Phi) is 4.06. The van der Waals surface area contributed by atoms with Crippen LogP contribution in [-0.2, 0) is 6.42 Å². The molecule has 1 aromatic carbocycles. The Morgan fingerprint density at radius 1 is 1.41 bits per heavy atom. The van der Waals surface area contributed by atoms with Crippen LogP contribution in [0.5, 0.6) is 5.75 Å². The molecule has 0 bridgehead atoms. The van der Waals surface area contributed by atoms with E-state index in [-0.39, 0.29) is 6.04 Å². The predicted octanol–water partition coefficient (Wildman–Crippen LogP) is 2.05. The van der Waals surface area contributed by atoms with Crippen molar-refractivity contribution < 1.29 is 4.74 Å². The van der Waals surface area contributed by atoms with Crippen molar-refractivity contribution in [3.05, 3.63) is 40.9 Å². The van der Waals surface area contributed by atoms with Gasteiger partial charge in [-0.05, 0) is 36.6 Å². The van der Waals surface area contributed by atoms with Gasteiger partial charge >= 0.3 is 0 Å². The van der Waals surface area contributed by atoms with Crippen LogP contribution in [0.15, 0.2) is 30.5 Å². The smallest absolute Gasteiger partial charge is 0.122 e. The number of rotatable bonds is 5. The molecule has 0 aliphatic carbocycles. The maximum Gasteiger partial charge on any atom is 0.122 e. The lowest BCUT2D eigenvalue weighted by Crippen LogP contribution is -2.18. The van der Waals surface area contributed by atoms with Gasteiger partial charge in [-0.3, -0.25) is 0 Å². The van der Waals surface area contributed by atoms with Gasteiger partial charge in [0.2, 0.25) is 0 Å². The van der Waals surface area contributed by atoms with E-state index < -0.39 is 0 Å². The van der Waals surface area contributed by atoms with Gasteiger partial charge in [0, 0.05) is 6.04 Å². The molecule has 0 aliphatic heterocycles. The Labute approximate surface area is 105 Å². The fourth-order valence-corrected chi connectivity index (χ4v) is 2.38. The van der Waals surface area contributed by atoms with Gasteiger partial charge in [0.05, 0.1) is 18.2 Å². The molecule has 0 saturated carbocycles. The van der Waals surface area contributed by atoms with Gasteiger partial charge < -0.3 is 10.1 Å². The van der Waals surface area contributed by atoms with Crippen LogP contribution < -0.4 is 10.1 Å². The Hall–Kier alpha value is -1.46. The zero-order chi connectivity index (χ0) is 12.1. The minimum atomic E-state index is 0.228. The summed E-state index contributed by atoms with van der Waals surface area (Å²) in [5.74, 6) is 0.922. The first-order valence-corrected chi connectivity index (χ1v) is 6.19. The van der Waals surface area contributed by atoms with Crippen molar-refractivity contribution in [1.82, 2.24) is 14.9 Å². The molecule has 1 atom stereocenters. The van der Waals surface area contributed by atoms with E-state index in [9.17, 15) is 0 Å². The van der Waals surface area contributed by atoms with Gasteiger partial charge in [0.1, 0.15) is 5.75 Å². The number of aromatic nitrogens is 2. The third-order valence-electron chi connectivity index (χ3n) is 2.69. The molecule has 1 N–H and O–H groups in total. The Balaban J connectivity index is 2.18. The molecular formula is C12H15N3OS. The monoisotopic (exact) mass is 249 g/mol. The van der Waals surface area contributed by atoms with E-state index in [0.29, 0.717) is 0 Å². The molecule has 0 fully saturated rings. The van der Waals surface area contributed by atoms with Crippen LogP contribution >= 0.6 is 11.5 Å². The fourth-order valence-electron chi connectivity index (χ4n) is 1.76. The molecule has 17 heavy (non-hydrogen) atoms. The van der Waals surface area contributed by atoms with Crippen molar-refractivity contribution in [3.63, 3.8) is 0 Å². The molecule has 2 rings (SSSR count). The SMILES string of the molecule is CNC(Cc1ccccc1OC)c1cnns1. The highest BCUT2D eigenvalue weighted by Crippen LogP contribution is 2.25. The lowest BCUT2D eigenvalue weighted by atomic mass is 10.0. The minimum Gasteiger partial charge on any atom is -0.496 e. The summed E-state index contributed by atoms with van der Waals surface area (Å²) in [4.78, 5) is 1.14. The second-order valence-corrected chi connectivity index (χ2v) is 4.49. The first-order chi connectivity index (χ1) is 8.35. The lowest BCUT2D eigenvalue weighted by Gasteiger charge is -2.15. The molecule has 4 nitrogen and oxygen atoms in total. The first kappa shape index (κ1) is 12.0. The van der Waals surface area contributed by atoms with E-state index in [2.05, 4.69) is 21.0 Å². The van der Waals surface area contributed by atoms with E-state index in [1.807, 2.05) is 25.2 Å². The second-order valence-electron chi connectivity index (χ2n) is 3.68. The topological polar surface area (TPSA) is 47.0 Å². The van der Waals surface area contributed by atoms with Gasteiger partial charge in [-0.25, -0.2) is 0 Å². The number of methoxy groups -OCH3 is 1. The Bertz CT molecular complexity index is 459. The molecule has 0 amide bonds. The summed E-state index contributed by atoms with van der Waals surface area (Å²) in [6.45, 7) is 0. The van der Waals surface area contributed by atoms with E-state index >= 15 is 0 Å². The Morgan fingerprint density at radius 3 is 2.88 bits per heavy atom. The van der Waals surface area contributed by atoms with Crippen molar-refractivity contribution in [2.24, 2.45) is 0 Å². The van der Waals surface area contributed by atoms with Gasteiger partial charge in [-0.2, -0.15) is 0 Å². The quantitative estimate of drug-likeness (QED) is 0.881.